The number of rotatable bonds is 4. The number of benzene rings is 1. The molecular weight excluding hydrogens is 209 g/mol. The van der Waals surface area contributed by atoms with Gasteiger partial charge in [-0.15, -0.1) is 0 Å². The molecule has 0 atom stereocenters. The van der Waals surface area contributed by atoms with E-state index < -0.39 is 0 Å². The van der Waals surface area contributed by atoms with E-state index in [9.17, 15) is 9.50 Å². The van der Waals surface area contributed by atoms with Crippen molar-refractivity contribution in [3.8, 4) is 0 Å². The number of aliphatic hydroxyl groups is 2. The molecule has 2 rings (SSSR count). The molecule has 0 spiro atoms. The Morgan fingerprint density at radius 3 is 2.69 bits per heavy atom. The van der Waals surface area contributed by atoms with Gasteiger partial charge in [0.2, 0.25) is 0 Å². The summed E-state index contributed by atoms with van der Waals surface area (Å²) in [4.78, 5) is 0. The molecule has 0 aliphatic rings. The van der Waals surface area contributed by atoms with E-state index in [1.165, 1.54) is 12.1 Å². The first-order valence-electron chi connectivity index (χ1n) is 5.25. The fourth-order valence-corrected chi connectivity index (χ4v) is 1.92. The Labute approximate surface area is 92.7 Å². The van der Waals surface area contributed by atoms with E-state index in [1.807, 2.05) is 4.57 Å². The summed E-state index contributed by atoms with van der Waals surface area (Å²) >= 11 is 0. The molecule has 0 bridgehead atoms. The van der Waals surface area contributed by atoms with Crippen molar-refractivity contribution >= 4 is 10.9 Å². The summed E-state index contributed by atoms with van der Waals surface area (Å²) in [6, 6.07) is 6.32. The fraction of sp³-hybridized carbons (Fsp3) is 0.333. The van der Waals surface area contributed by atoms with E-state index in [1.54, 1.807) is 12.1 Å². The molecule has 2 aromatic rings. The number of nitrogens with zero attached hydrogens (tertiary/aromatic N) is 1. The lowest BCUT2D eigenvalue weighted by molar-refractivity contribution is 0.261. The molecule has 1 heterocycles. The maximum absolute atomic E-state index is 13.0. The quantitative estimate of drug-likeness (QED) is 0.828. The van der Waals surface area contributed by atoms with Crippen LogP contribution in [0.1, 0.15) is 12.1 Å². The predicted molar refractivity (Wildman–Crippen MR) is 59.5 cm³/mol. The lowest BCUT2D eigenvalue weighted by Gasteiger charge is -2.07. The van der Waals surface area contributed by atoms with E-state index in [0.29, 0.717) is 13.0 Å². The van der Waals surface area contributed by atoms with Crippen LogP contribution in [0.15, 0.2) is 24.3 Å². The predicted octanol–water partition coefficient (Wildman–Crippen LogP) is 1.66. The number of halogens is 1. The first-order chi connectivity index (χ1) is 7.76. The van der Waals surface area contributed by atoms with Gasteiger partial charge in [0.05, 0.1) is 6.61 Å². The lowest BCUT2D eigenvalue weighted by Crippen LogP contribution is -2.04. The Balaban J connectivity index is 2.50. The first-order valence-corrected chi connectivity index (χ1v) is 5.25. The van der Waals surface area contributed by atoms with Gasteiger partial charge in [0, 0.05) is 29.7 Å². The van der Waals surface area contributed by atoms with E-state index >= 15 is 0 Å². The SMILES string of the molecule is OCCCn1c(CO)cc2cc(F)ccc21. The number of hydrogen-bond acceptors (Lipinski definition) is 2. The average Bonchev–Trinajstić information content (AvgIpc) is 2.63. The van der Waals surface area contributed by atoms with Gasteiger partial charge < -0.3 is 14.8 Å². The molecule has 16 heavy (non-hydrogen) atoms. The second-order valence-electron chi connectivity index (χ2n) is 3.73. The molecule has 3 nitrogen and oxygen atoms in total. The van der Waals surface area contributed by atoms with Crippen molar-refractivity contribution in [3.63, 3.8) is 0 Å². The molecule has 0 unspecified atom stereocenters. The highest BCUT2D eigenvalue weighted by Crippen LogP contribution is 2.21. The van der Waals surface area contributed by atoms with Gasteiger partial charge in [0.1, 0.15) is 5.82 Å². The van der Waals surface area contributed by atoms with Crippen LogP contribution in [0.2, 0.25) is 0 Å². The number of aryl methyl sites for hydroxylation is 1. The summed E-state index contributed by atoms with van der Waals surface area (Å²) in [5.41, 5.74) is 1.63. The number of hydrogen-bond donors (Lipinski definition) is 2. The summed E-state index contributed by atoms with van der Waals surface area (Å²) < 4.78 is 14.9. The zero-order chi connectivity index (χ0) is 11.5. The second kappa shape index (κ2) is 4.63. The molecule has 2 N–H and O–H groups in total. The third-order valence-electron chi connectivity index (χ3n) is 2.65. The van der Waals surface area contributed by atoms with Crippen molar-refractivity contribution < 1.29 is 14.6 Å². The topological polar surface area (TPSA) is 45.4 Å². The largest absolute Gasteiger partial charge is 0.396 e. The van der Waals surface area contributed by atoms with E-state index in [0.717, 1.165) is 16.6 Å². The summed E-state index contributed by atoms with van der Waals surface area (Å²) in [7, 11) is 0. The van der Waals surface area contributed by atoms with Crippen LogP contribution in [-0.4, -0.2) is 21.4 Å². The van der Waals surface area contributed by atoms with Crippen molar-refractivity contribution in [3.05, 3.63) is 35.8 Å². The van der Waals surface area contributed by atoms with Crippen LogP contribution in [-0.2, 0) is 13.2 Å². The molecule has 0 fully saturated rings. The maximum Gasteiger partial charge on any atom is 0.123 e. The number of aliphatic hydroxyl groups excluding tert-OH is 2. The maximum atomic E-state index is 13.0. The first kappa shape index (κ1) is 11.1. The van der Waals surface area contributed by atoms with Crippen molar-refractivity contribution in [2.24, 2.45) is 0 Å². The van der Waals surface area contributed by atoms with Crippen LogP contribution in [0, 0.1) is 5.82 Å². The highest BCUT2D eigenvalue weighted by atomic mass is 19.1. The Hall–Kier alpha value is -1.39. The second-order valence-corrected chi connectivity index (χ2v) is 3.73. The van der Waals surface area contributed by atoms with Crippen LogP contribution in [0.25, 0.3) is 10.9 Å². The van der Waals surface area contributed by atoms with Gasteiger partial charge in [0.15, 0.2) is 0 Å². The molecule has 1 aromatic heterocycles. The smallest absolute Gasteiger partial charge is 0.123 e. The van der Waals surface area contributed by atoms with Crippen LogP contribution >= 0.6 is 0 Å². The van der Waals surface area contributed by atoms with E-state index in [2.05, 4.69) is 0 Å². The van der Waals surface area contributed by atoms with Crippen molar-refractivity contribution in [2.45, 2.75) is 19.6 Å². The fourth-order valence-electron chi connectivity index (χ4n) is 1.92. The Kier molecular flexibility index (Phi) is 3.22. The number of aromatic nitrogens is 1. The normalized spacial score (nSPS) is 11.2. The molecule has 0 radical (unpaired) electrons. The summed E-state index contributed by atoms with van der Waals surface area (Å²) in [5.74, 6) is -0.281. The minimum Gasteiger partial charge on any atom is -0.396 e. The van der Waals surface area contributed by atoms with Crippen LogP contribution < -0.4 is 0 Å². The highest BCUT2D eigenvalue weighted by molar-refractivity contribution is 5.81. The van der Waals surface area contributed by atoms with Gasteiger partial charge in [-0.2, -0.15) is 0 Å². The third-order valence-corrected chi connectivity index (χ3v) is 2.65. The molecule has 0 amide bonds. The van der Waals surface area contributed by atoms with Crippen LogP contribution in [0.5, 0.6) is 0 Å². The standard InChI is InChI=1S/C12H14FNO2/c13-10-2-3-12-9(6-10)7-11(8-16)14(12)4-1-5-15/h2-3,6-7,15-16H,1,4-5,8H2. The van der Waals surface area contributed by atoms with Gasteiger partial charge in [-0.25, -0.2) is 4.39 Å². The molecule has 86 valence electrons. The molecule has 0 saturated carbocycles. The van der Waals surface area contributed by atoms with Crippen molar-refractivity contribution in [2.75, 3.05) is 6.61 Å². The average molecular weight is 223 g/mol. The third kappa shape index (κ3) is 1.94. The molecule has 1 aromatic carbocycles. The molecular formula is C12H14FNO2. The molecule has 0 saturated heterocycles. The van der Waals surface area contributed by atoms with Crippen molar-refractivity contribution in [1.29, 1.82) is 0 Å². The van der Waals surface area contributed by atoms with Gasteiger partial charge in [-0.3, -0.25) is 0 Å². The van der Waals surface area contributed by atoms with Crippen LogP contribution in [0.3, 0.4) is 0 Å². The van der Waals surface area contributed by atoms with Gasteiger partial charge in [-0.1, -0.05) is 0 Å². The summed E-state index contributed by atoms with van der Waals surface area (Å²) in [6.07, 6.45) is 0.619. The monoisotopic (exact) mass is 223 g/mol. The lowest BCUT2D eigenvalue weighted by atomic mass is 10.2. The Bertz CT molecular complexity index is 493. The summed E-state index contributed by atoms with van der Waals surface area (Å²) in [6.45, 7) is 0.648. The zero-order valence-corrected chi connectivity index (χ0v) is 8.86. The minimum absolute atomic E-state index is 0.0816. The highest BCUT2D eigenvalue weighted by Gasteiger charge is 2.08. The molecule has 0 aliphatic heterocycles. The minimum atomic E-state index is -0.281. The Morgan fingerprint density at radius 2 is 2.00 bits per heavy atom. The van der Waals surface area contributed by atoms with Crippen LogP contribution in [0.4, 0.5) is 4.39 Å². The molecule has 0 aliphatic carbocycles. The van der Waals surface area contributed by atoms with Gasteiger partial charge in [0.25, 0.3) is 0 Å². The molecule has 4 heteroatoms. The zero-order valence-electron chi connectivity index (χ0n) is 8.86. The van der Waals surface area contributed by atoms with E-state index in [4.69, 9.17) is 5.11 Å². The number of fused-ring (bicyclic) bond motifs is 1. The van der Waals surface area contributed by atoms with Gasteiger partial charge >= 0.3 is 0 Å². The van der Waals surface area contributed by atoms with Crippen molar-refractivity contribution in [1.82, 2.24) is 4.57 Å². The summed E-state index contributed by atoms with van der Waals surface area (Å²) in [5, 5.41) is 18.8. The van der Waals surface area contributed by atoms with Gasteiger partial charge in [-0.05, 0) is 30.7 Å². The Morgan fingerprint density at radius 1 is 1.19 bits per heavy atom. The van der Waals surface area contributed by atoms with E-state index in [-0.39, 0.29) is 19.0 Å².